The summed E-state index contributed by atoms with van der Waals surface area (Å²) in [6, 6.07) is 0. The van der Waals surface area contributed by atoms with E-state index in [-0.39, 0.29) is 12.3 Å². The van der Waals surface area contributed by atoms with Crippen molar-refractivity contribution in [2.75, 3.05) is 6.61 Å². The van der Waals surface area contributed by atoms with Crippen molar-refractivity contribution in [3.63, 3.8) is 0 Å². The topological polar surface area (TPSA) is 89.8 Å². The second kappa shape index (κ2) is 29.4. The van der Waals surface area contributed by atoms with Crippen LogP contribution in [0, 0.1) is 5.92 Å². The number of carbonyl (C=O) groups is 1. The smallest absolute Gasteiger partial charge is 0.227 e. The molecule has 5 nitrogen and oxygen atoms in total. The van der Waals surface area contributed by atoms with Gasteiger partial charge in [-0.15, -0.1) is 0 Å². The van der Waals surface area contributed by atoms with Crippen molar-refractivity contribution in [1.82, 2.24) is 5.32 Å². The molecule has 0 aliphatic carbocycles. The van der Waals surface area contributed by atoms with Crippen LogP contribution in [0.2, 0.25) is 0 Å². The quantitative estimate of drug-likeness (QED) is 0.0469. The molecule has 0 aromatic heterocycles. The van der Waals surface area contributed by atoms with Crippen molar-refractivity contribution < 1.29 is 20.1 Å². The molecule has 0 aromatic rings. The zero-order valence-electron chi connectivity index (χ0n) is 27.9. The van der Waals surface area contributed by atoms with Crippen molar-refractivity contribution in [2.45, 2.75) is 212 Å². The molecular formula is C36H73NO4. The molecule has 0 spiro atoms. The molecule has 41 heavy (non-hydrogen) atoms. The summed E-state index contributed by atoms with van der Waals surface area (Å²) in [5.74, 6) is -0.853. The predicted molar refractivity (Wildman–Crippen MR) is 176 cm³/mol. The second-order valence-corrected chi connectivity index (χ2v) is 12.9. The summed E-state index contributed by atoms with van der Waals surface area (Å²) in [5, 5.41) is 33.6. The lowest BCUT2D eigenvalue weighted by atomic mass is 9.90. The standard InChI is InChI=1S/C36H73NO4/c1-4-7-9-11-13-15-17-19-21-23-25-27-29-31-34(39)33(35(40)37-36(41,6-3)32-38)30-28-26-24-22-20-18-16-14-12-10-8-5-2/h33-34,38-39,41H,4-32H2,1-3H3,(H,37,40). The number of nitrogens with one attached hydrogen (secondary N) is 1. The minimum atomic E-state index is -1.61. The van der Waals surface area contributed by atoms with Gasteiger partial charge in [0.15, 0.2) is 5.72 Å². The molecule has 0 aromatic carbocycles. The van der Waals surface area contributed by atoms with Gasteiger partial charge in [0.25, 0.3) is 0 Å². The first kappa shape index (κ1) is 40.4. The van der Waals surface area contributed by atoms with Crippen molar-refractivity contribution >= 4 is 5.91 Å². The maximum Gasteiger partial charge on any atom is 0.227 e. The third kappa shape index (κ3) is 24.5. The van der Waals surface area contributed by atoms with Gasteiger partial charge >= 0.3 is 0 Å². The third-order valence-electron chi connectivity index (χ3n) is 8.98. The van der Waals surface area contributed by atoms with Crippen LogP contribution in [0.15, 0.2) is 0 Å². The fourth-order valence-corrected chi connectivity index (χ4v) is 5.84. The van der Waals surface area contributed by atoms with Crippen molar-refractivity contribution in [1.29, 1.82) is 0 Å². The molecule has 1 amide bonds. The highest BCUT2D eigenvalue weighted by Crippen LogP contribution is 2.22. The van der Waals surface area contributed by atoms with Crippen LogP contribution in [0.5, 0.6) is 0 Å². The van der Waals surface area contributed by atoms with E-state index in [4.69, 9.17) is 0 Å². The number of aliphatic hydroxyl groups excluding tert-OH is 2. The third-order valence-corrected chi connectivity index (χ3v) is 8.98. The van der Waals surface area contributed by atoms with Gasteiger partial charge in [-0.3, -0.25) is 4.79 Å². The van der Waals surface area contributed by atoms with E-state index in [0.29, 0.717) is 12.8 Å². The van der Waals surface area contributed by atoms with Gasteiger partial charge in [0, 0.05) is 0 Å². The second-order valence-electron chi connectivity index (χ2n) is 12.9. The Morgan fingerprint density at radius 2 is 0.878 bits per heavy atom. The number of hydrogen-bond acceptors (Lipinski definition) is 4. The molecule has 0 aliphatic rings. The number of carbonyl (C=O) groups excluding carboxylic acids is 1. The fourth-order valence-electron chi connectivity index (χ4n) is 5.84. The van der Waals surface area contributed by atoms with E-state index < -0.39 is 24.4 Å². The zero-order chi connectivity index (χ0) is 30.4. The van der Waals surface area contributed by atoms with E-state index in [1.54, 1.807) is 6.92 Å². The average molecular weight is 584 g/mol. The number of amides is 1. The van der Waals surface area contributed by atoms with E-state index >= 15 is 0 Å². The van der Waals surface area contributed by atoms with Crippen LogP contribution in [0.1, 0.15) is 201 Å². The van der Waals surface area contributed by atoms with Crippen LogP contribution in [0.4, 0.5) is 0 Å². The molecule has 3 atom stereocenters. The molecule has 0 aliphatic heterocycles. The summed E-state index contributed by atoms with van der Waals surface area (Å²) >= 11 is 0. The summed E-state index contributed by atoms with van der Waals surface area (Å²) in [5.41, 5.74) is -1.61. The Labute approximate surface area is 256 Å². The van der Waals surface area contributed by atoms with Gasteiger partial charge in [-0.05, 0) is 19.3 Å². The lowest BCUT2D eigenvalue weighted by Gasteiger charge is -2.30. The Hall–Kier alpha value is -0.650. The van der Waals surface area contributed by atoms with E-state index in [1.807, 2.05) is 0 Å². The van der Waals surface area contributed by atoms with Crippen LogP contribution in [-0.4, -0.2) is 39.7 Å². The first-order chi connectivity index (χ1) is 19.9. The maximum atomic E-state index is 13.0. The molecule has 5 heteroatoms. The molecule has 0 fully saturated rings. The van der Waals surface area contributed by atoms with Crippen LogP contribution in [0.3, 0.4) is 0 Å². The lowest BCUT2D eigenvalue weighted by molar-refractivity contribution is -0.140. The van der Waals surface area contributed by atoms with Crippen LogP contribution in [-0.2, 0) is 4.79 Å². The summed E-state index contributed by atoms with van der Waals surface area (Å²) < 4.78 is 0. The molecule has 0 heterocycles. The van der Waals surface area contributed by atoms with E-state index in [0.717, 1.165) is 25.7 Å². The van der Waals surface area contributed by atoms with Gasteiger partial charge in [-0.25, -0.2) is 0 Å². The van der Waals surface area contributed by atoms with Gasteiger partial charge in [0.05, 0.1) is 18.6 Å². The Balaban J connectivity index is 4.22. The molecule has 0 saturated carbocycles. The van der Waals surface area contributed by atoms with Crippen LogP contribution >= 0.6 is 0 Å². The van der Waals surface area contributed by atoms with Gasteiger partial charge in [0.2, 0.25) is 5.91 Å². The largest absolute Gasteiger partial charge is 0.392 e. The minimum Gasteiger partial charge on any atom is -0.392 e. The van der Waals surface area contributed by atoms with Crippen LogP contribution < -0.4 is 5.32 Å². The fraction of sp³-hybridized carbons (Fsp3) is 0.972. The molecule has 246 valence electrons. The number of aliphatic hydroxyl groups is 3. The molecule has 3 unspecified atom stereocenters. The molecule has 0 radical (unpaired) electrons. The first-order valence-corrected chi connectivity index (χ1v) is 18.3. The van der Waals surface area contributed by atoms with Crippen molar-refractivity contribution in [2.24, 2.45) is 5.92 Å². The molecule has 0 saturated heterocycles. The lowest BCUT2D eigenvalue weighted by Crippen LogP contribution is -2.54. The Kier molecular flexibility index (Phi) is 29.0. The van der Waals surface area contributed by atoms with Gasteiger partial charge in [-0.1, -0.05) is 181 Å². The van der Waals surface area contributed by atoms with E-state index in [2.05, 4.69) is 19.2 Å². The highest BCUT2D eigenvalue weighted by Gasteiger charge is 2.32. The Morgan fingerprint density at radius 1 is 0.561 bits per heavy atom. The average Bonchev–Trinajstić information content (AvgIpc) is 2.97. The molecule has 4 N–H and O–H groups in total. The summed E-state index contributed by atoms with van der Waals surface area (Å²) in [6.07, 6.45) is 32.7. The highest BCUT2D eigenvalue weighted by atomic mass is 16.3. The number of hydrogen-bond donors (Lipinski definition) is 4. The number of unbranched alkanes of at least 4 members (excludes halogenated alkanes) is 23. The molecule has 0 bridgehead atoms. The first-order valence-electron chi connectivity index (χ1n) is 18.3. The Bertz CT molecular complexity index is 552. The van der Waals surface area contributed by atoms with E-state index in [1.165, 1.54) is 135 Å². The Morgan fingerprint density at radius 3 is 1.20 bits per heavy atom. The van der Waals surface area contributed by atoms with Gasteiger partial charge < -0.3 is 20.6 Å². The zero-order valence-corrected chi connectivity index (χ0v) is 27.9. The molecule has 0 rings (SSSR count). The minimum absolute atomic E-state index is 0.232. The van der Waals surface area contributed by atoms with Gasteiger partial charge in [-0.2, -0.15) is 0 Å². The summed E-state index contributed by atoms with van der Waals surface area (Å²) in [4.78, 5) is 13.0. The summed E-state index contributed by atoms with van der Waals surface area (Å²) in [6.45, 7) is 5.74. The van der Waals surface area contributed by atoms with E-state index in [9.17, 15) is 20.1 Å². The normalized spacial score (nSPS) is 14.6. The molecular weight excluding hydrogens is 510 g/mol. The predicted octanol–water partition coefficient (Wildman–Crippen LogP) is 9.74. The summed E-state index contributed by atoms with van der Waals surface area (Å²) in [7, 11) is 0. The highest BCUT2D eigenvalue weighted by molar-refractivity contribution is 5.79. The maximum absolute atomic E-state index is 13.0. The van der Waals surface area contributed by atoms with Crippen LogP contribution in [0.25, 0.3) is 0 Å². The monoisotopic (exact) mass is 584 g/mol. The SMILES string of the molecule is CCCCCCCCCCCCCCCC(O)C(CCCCCCCCCCCCCC)C(=O)NC(O)(CC)CO. The number of rotatable bonds is 32. The van der Waals surface area contributed by atoms with Crippen molar-refractivity contribution in [3.8, 4) is 0 Å². The van der Waals surface area contributed by atoms with Crippen molar-refractivity contribution in [3.05, 3.63) is 0 Å². The van der Waals surface area contributed by atoms with Gasteiger partial charge in [0.1, 0.15) is 0 Å².